The van der Waals surface area contributed by atoms with Gasteiger partial charge in [-0.3, -0.25) is 13.9 Å². The number of hydrogen-bond donors (Lipinski definition) is 1. The molecule has 2 aliphatic rings. The predicted molar refractivity (Wildman–Crippen MR) is 148 cm³/mol. The van der Waals surface area contributed by atoms with Crippen molar-refractivity contribution in [3.8, 4) is 0 Å². The van der Waals surface area contributed by atoms with E-state index in [0.29, 0.717) is 38.0 Å². The molecule has 1 atom stereocenters. The molecular weight excluding hydrogens is 537 g/mol. The van der Waals surface area contributed by atoms with E-state index in [2.05, 4.69) is 15.1 Å². The zero-order chi connectivity index (χ0) is 26.6. The van der Waals surface area contributed by atoms with E-state index in [1.807, 2.05) is 29.2 Å². The average molecular weight is 573 g/mol. The first-order chi connectivity index (χ1) is 17.6. The number of nitrogens with one attached hydrogen (secondary N) is 1. The van der Waals surface area contributed by atoms with Gasteiger partial charge in [-0.15, -0.1) is 0 Å². The maximum absolute atomic E-state index is 13.4. The zero-order valence-corrected chi connectivity index (χ0v) is 22.3. The fourth-order valence-electron chi connectivity index (χ4n) is 4.89. The van der Waals surface area contributed by atoms with Crippen molar-refractivity contribution in [3.05, 3.63) is 53.1 Å². The minimum Gasteiger partial charge on any atom is -0.382 e. The highest BCUT2D eigenvalue weighted by Gasteiger charge is 2.35. The van der Waals surface area contributed by atoms with Gasteiger partial charge in [-0.05, 0) is 55.3 Å². The van der Waals surface area contributed by atoms with Crippen molar-refractivity contribution in [2.45, 2.75) is 43.8 Å². The Labute approximate surface area is 230 Å². The molecule has 0 saturated carbocycles. The van der Waals surface area contributed by atoms with Crippen molar-refractivity contribution >= 4 is 39.7 Å². The summed E-state index contributed by atoms with van der Waals surface area (Å²) in [6, 6.07) is 11.7. The summed E-state index contributed by atoms with van der Waals surface area (Å²) in [5, 5.41) is 3.89. The molecule has 1 unspecified atom stereocenters. The van der Waals surface area contributed by atoms with Crippen molar-refractivity contribution < 1.29 is 22.2 Å². The molecule has 38 heavy (non-hydrogen) atoms. The van der Waals surface area contributed by atoms with Crippen LogP contribution in [0.25, 0.3) is 0 Å². The van der Waals surface area contributed by atoms with Gasteiger partial charge in [0.1, 0.15) is 0 Å². The van der Waals surface area contributed by atoms with Crippen LogP contribution in [0.1, 0.15) is 32.3 Å². The molecule has 2 fully saturated rings. The number of likely N-dealkylation sites (tertiary alicyclic amines) is 1. The number of alkyl halides is 3. The fraction of sp³-hybridized carbons (Fsp3) is 0.519. The number of halogens is 4. The minimum atomic E-state index is -4.57. The maximum Gasteiger partial charge on any atom is 0.417 e. The Morgan fingerprint density at radius 2 is 1.66 bits per heavy atom. The number of amides is 1. The van der Waals surface area contributed by atoms with Crippen LogP contribution in [-0.4, -0.2) is 78.0 Å². The van der Waals surface area contributed by atoms with Crippen LogP contribution in [-0.2, 0) is 21.8 Å². The zero-order valence-electron chi connectivity index (χ0n) is 20.8. The number of benzene rings is 2. The van der Waals surface area contributed by atoms with Gasteiger partial charge in [0.05, 0.1) is 21.3 Å². The van der Waals surface area contributed by atoms with Gasteiger partial charge in [-0.2, -0.15) is 13.2 Å². The van der Waals surface area contributed by atoms with Gasteiger partial charge in [0.25, 0.3) is 0 Å². The van der Waals surface area contributed by atoms with Crippen LogP contribution in [0.2, 0.25) is 5.02 Å². The molecule has 4 rings (SSSR count). The van der Waals surface area contributed by atoms with Crippen LogP contribution in [0, 0.1) is 0 Å². The lowest BCUT2D eigenvalue weighted by molar-refractivity contribution is -0.139. The molecule has 2 saturated heterocycles. The summed E-state index contributed by atoms with van der Waals surface area (Å²) >= 11 is 5.98. The number of piperidine rings is 1. The lowest BCUT2D eigenvalue weighted by Gasteiger charge is -2.37. The SMILES string of the molecule is C.CS(=O)c1ccc(NC2CCN(C(=O)CCN3CCN(c4ccc(Cl)cc4)CC3)CC2)cc1C(F)(F)F. The number of piperazine rings is 1. The van der Waals surface area contributed by atoms with E-state index in [9.17, 15) is 22.2 Å². The molecule has 0 aliphatic carbocycles. The summed E-state index contributed by atoms with van der Waals surface area (Å²) in [5.41, 5.74) is 0.631. The summed E-state index contributed by atoms with van der Waals surface area (Å²) in [7, 11) is -1.73. The molecule has 1 N–H and O–H groups in total. The third-order valence-corrected chi connectivity index (χ3v) is 8.25. The number of rotatable bonds is 7. The summed E-state index contributed by atoms with van der Waals surface area (Å²) in [6.07, 6.45) is -1.55. The standard InChI is InChI=1S/C26H32ClF3N4O2S.CH4/c1-37(36)24-7-4-21(18-23(24)26(28,29)30)31-20-8-12-34(13-9-20)25(35)10-11-32-14-16-33(17-15-32)22-5-2-19(27)3-6-22;/h2-7,18,20,31H,8-17H2,1H3;1H4. The first-order valence-electron chi connectivity index (χ1n) is 12.4. The van der Waals surface area contributed by atoms with Gasteiger partial charge in [0.15, 0.2) is 0 Å². The normalized spacial score (nSPS) is 18.1. The highest BCUT2D eigenvalue weighted by Crippen LogP contribution is 2.35. The molecule has 6 nitrogen and oxygen atoms in total. The number of carbonyl (C=O) groups is 1. The highest BCUT2D eigenvalue weighted by atomic mass is 35.5. The molecule has 2 heterocycles. The van der Waals surface area contributed by atoms with E-state index in [0.717, 1.165) is 49.5 Å². The molecule has 0 radical (unpaired) electrons. The highest BCUT2D eigenvalue weighted by molar-refractivity contribution is 7.84. The Bertz CT molecular complexity index is 1100. The van der Waals surface area contributed by atoms with Crippen LogP contribution in [0.3, 0.4) is 0 Å². The first-order valence-corrected chi connectivity index (χ1v) is 14.4. The Morgan fingerprint density at radius 3 is 2.24 bits per heavy atom. The third-order valence-electron chi connectivity index (χ3n) is 7.02. The topological polar surface area (TPSA) is 55.9 Å². The maximum atomic E-state index is 13.4. The smallest absolute Gasteiger partial charge is 0.382 e. The monoisotopic (exact) mass is 572 g/mol. The fourth-order valence-corrected chi connectivity index (χ4v) is 5.76. The molecule has 0 spiro atoms. The Hall–Kier alpha value is -2.30. The van der Waals surface area contributed by atoms with Crippen LogP contribution in [0.4, 0.5) is 24.5 Å². The third kappa shape index (κ3) is 7.86. The summed E-state index contributed by atoms with van der Waals surface area (Å²) in [5.74, 6) is 0.118. The van der Waals surface area contributed by atoms with Crippen LogP contribution in [0.15, 0.2) is 47.4 Å². The Morgan fingerprint density at radius 1 is 1.03 bits per heavy atom. The Kier molecular flexibility index (Phi) is 10.5. The van der Waals surface area contributed by atoms with Gasteiger partial charge < -0.3 is 15.1 Å². The van der Waals surface area contributed by atoms with E-state index in [1.165, 1.54) is 18.4 Å². The number of carbonyl (C=O) groups excluding carboxylic acids is 1. The van der Waals surface area contributed by atoms with Crippen molar-refractivity contribution in [3.63, 3.8) is 0 Å². The average Bonchev–Trinajstić information content (AvgIpc) is 2.88. The molecule has 11 heteroatoms. The lowest BCUT2D eigenvalue weighted by atomic mass is 10.0. The van der Waals surface area contributed by atoms with Crippen molar-refractivity contribution in [1.29, 1.82) is 0 Å². The Balaban J connectivity index is 0.00000400. The number of anilines is 2. The molecule has 0 aromatic heterocycles. The van der Waals surface area contributed by atoms with Crippen molar-refractivity contribution in [2.24, 2.45) is 0 Å². The molecule has 1 amide bonds. The number of hydrogen-bond acceptors (Lipinski definition) is 5. The van der Waals surface area contributed by atoms with Gasteiger partial charge in [-0.1, -0.05) is 19.0 Å². The molecule has 210 valence electrons. The van der Waals surface area contributed by atoms with E-state index in [4.69, 9.17) is 11.6 Å². The van der Waals surface area contributed by atoms with E-state index in [-0.39, 0.29) is 24.3 Å². The quantitative estimate of drug-likeness (QED) is 0.485. The second-order valence-electron chi connectivity index (χ2n) is 9.52. The lowest BCUT2D eigenvalue weighted by Crippen LogP contribution is -2.48. The molecule has 0 bridgehead atoms. The van der Waals surface area contributed by atoms with E-state index >= 15 is 0 Å². The van der Waals surface area contributed by atoms with Gasteiger partial charge in [0.2, 0.25) is 5.91 Å². The molecular formula is C27H36ClF3N4O2S. The summed E-state index contributed by atoms with van der Waals surface area (Å²) in [6.45, 7) is 5.46. The molecule has 2 aliphatic heterocycles. The first kappa shape index (κ1) is 30.2. The van der Waals surface area contributed by atoms with Crippen molar-refractivity contribution in [1.82, 2.24) is 9.80 Å². The second-order valence-corrected chi connectivity index (χ2v) is 11.3. The van der Waals surface area contributed by atoms with E-state index in [1.54, 1.807) is 0 Å². The molecule has 2 aromatic carbocycles. The van der Waals surface area contributed by atoms with Crippen LogP contribution >= 0.6 is 11.6 Å². The van der Waals surface area contributed by atoms with Gasteiger partial charge in [0, 0.05) is 80.9 Å². The summed E-state index contributed by atoms with van der Waals surface area (Å²) < 4.78 is 51.9. The predicted octanol–water partition coefficient (Wildman–Crippen LogP) is 5.35. The number of nitrogens with zero attached hydrogens (tertiary/aromatic N) is 3. The summed E-state index contributed by atoms with van der Waals surface area (Å²) in [4.78, 5) is 19.0. The van der Waals surface area contributed by atoms with Gasteiger partial charge in [-0.25, -0.2) is 0 Å². The van der Waals surface area contributed by atoms with Crippen LogP contribution in [0.5, 0.6) is 0 Å². The van der Waals surface area contributed by atoms with Crippen molar-refractivity contribution in [2.75, 3.05) is 62.3 Å². The largest absolute Gasteiger partial charge is 0.417 e. The molecule has 2 aromatic rings. The second kappa shape index (κ2) is 13.2. The van der Waals surface area contributed by atoms with Crippen LogP contribution < -0.4 is 10.2 Å². The van der Waals surface area contributed by atoms with Gasteiger partial charge >= 0.3 is 6.18 Å². The van der Waals surface area contributed by atoms with E-state index < -0.39 is 22.5 Å². The minimum absolute atomic E-state index is 0.